The zero-order valence-corrected chi connectivity index (χ0v) is 11.3. The van der Waals surface area contributed by atoms with Gasteiger partial charge >= 0.3 is 5.97 Å². The SMILES string of the molecule is O=C(Oc1ccc(F)cc1F)c1c(F)cnc2[nH]ccc(=O)c12. The number of rotatable bonds is 2. The lowest BCUT2D eigenvalue weighted by molar-refractivity contribution is 0.0724. The van der Waals surface area contributed by atoms with Crippen LogP contribution in [-0.4, -0.2) is 15.9 Å². The number of hydrogen-bond acceptors (Lipinski definition) is 4. The van der Waals surface area contributed by atoms with Crippen molar-refractivity contribution in [2.24, 2.45) is 0 Å². The first-order valence-electron chi connectivity index (χ1n) is 6.30. The minimum absolute atomic E-state index is 0.0228. The number of nitrogens with zero attached hydrogens (tertiary/aromatic N) is 1. The second-order valence-electron chi connectivity index (χ2n) is 4.51. The molecule has 0 atom stereocenters. The molecule has 0 aliphatic carbocycles. The van der Waals surface area contributed by atoms with Gasteiger partial charge in [0.25, 0.3) is 0 Å². The molecule has 0 aliphatic heterocycles. The van der Waals surface area contributed by atoms with E-state index >= 15 is 0 Å². The van der Waals surface area contributed by atoms with Crippen LogP contribution in [0.3, 0.4) is 0 Å². The van der Waals surface area contributed by atoms with Crippen LogP contribution in [0, 0.1) is 17.5 Å². The maximum atomic E-state index is 13.9. The molecule has 0 unspecified atom stereocenters. The van der Waals surface area contributed by atoms with Crippen LogP contribution in [0.2, 0.25) is 0 Å². The average Bonchev–Trinajstić information content (AvgIpc) is 2.50. The van der Waals surface area contributed by atoms with Crippen LogP contribution in [0.25, 0.3) is 11.0 Å². The third-order valence-corrected chi connectivity index (χ3v) is 3.03. The molecule has 0 spiro atoms. The molecule has 3 rings (SSSR count). The van der Waals surface area contributed by atoms with Crippen LogP contribution in [-0.2, 0) is 0 Å². The van der Waals surface area contributed by atoms with Gasteiger partial charge in [0.05, 0.1) is 11.6 Å². The molecule has 0 saturated heterocycles. The van der Waals surface area contributed by atoms with Crippen molar-refractivity contribution in [3.8, 4) is 5.75 Å². The molecule has 0 aliphatic rings. The van der Waals surface area contributed by atoms with E-state index in [0.29, 0.717) is 6.07 Å². The van der Waals surface area contributed by atoms with Crippen molar-refractivity contribution in [2.45, 2.75) is 0 Å². The predicted octanol–water partition coefficient (Wildman–Crippen LogP) is 2.56. The van der Waals surface area contributed by atoms with E-state index < -0.39 is 40.2 Å². The number of halogens is 3. The van der Waals surface area contributed by atoms with Gasteiger partial charge in [-0.15, -0.1) is 0 Å². The molecule has 2 aromatic heterocycles. The summed E-state index contributed by atoms with van der Waals surface area (Å²) in [6.45, 7) is 0. The number of hydrogen-bond donors (Lipinski definition) is 1. The Morgan fingerprint density at radius 2 is 1.91 bits per heavy atom. The summed E-state index contributed by atoms with van der Waals surface area (Å²) in [5, 5.41) is -0.319. The summed E-state index contributed by atoms with van der Waals surface area (Å²) in [6.07, 6.45) is 2.01. The fourth-order valence-corrected chi connectivity index (χ4v) is 2.03. The molecular formula is C15H7F3N2O3. The molecule has 23 heavy (non-hydrogen) atoms. The molecule has 116 valence electrons. The molecule has 0 saturated carbocycles. The van der Waals surface area contributed by atoms with E-state index in [9.17, 15) is 22.8 Å². The summed E-state index contributed by atoms with van der Waals surface area (Å²) in [6, 6.07) is 3.35. The van der Waals surface area contributed by atoms with Crippen molar-refractivity contribution in [3.63, 3.8) is 0 Å². The van der Waals surface area contributed by atoms with Crippen LogP contribution in [0.1, 0.15) is 10.4 Å². The lowest BCUT2D eigenvalue weighted by Crippen LogP contribution is -2.17. The van der Waals surface area contributed by atoms with Gasteiger partial charge in [-0.25, -0.2) is 22.9 Å². The van der Waals surface area contributed by atoms with Gasteiger partial charge in [0.1, 0.15) is 17.0 Å². The Morgan fingerprint density at radius 3 is 2.65 bits per heavy atom. The number of aromatic amines is 1. The van der Waals surface area contributed by atoms with Crippen molar-refractivity contribution in [1.82, 2.24) is 9.97 Å². The highest BCUT2D eigenvalue weighted by atomic mass is 19.1. The molecule has 0 radical (unpaired) electrons. The lowest BCUT2D eigenvalue weighted by atomic mass is 10.1. The van der Waals surface area contributed by atoms with Crippen molar-refractivity contribution >= 4 is 17.0 Å². The molecule has 3 aromatic rings. The smallest absolute Gasteiger partial charge is 0.347 e. The molecule has 0 fully saturated rings. The number of ether oxygens (including phenoxy) is 1. The summed E-state index contributed by atoms with van der Waals surface area (Å²) < 4.78 is 45.0. The first kappa shape index (κ1) is 14.8. The maximum absolute atomic E-state index is 13.9. The van der Waals surface area contributed by atoms with Crippen molar-refractivity contribution in [1.29, 1.82) is 0 Å². The summed E-state index contributed by atoms with van der Waals surface area (Å²) in [7, 11) is 0. The fourth-order valence-electron chi connectivity index (χ4n) is 2.03. The summed E-state index contributed by atoms with van der Waals surface area (Å²) in [5.41, 5.74) is -1.36. The molecular weight excluding hydrogens is 313 g/mol. The van der Waals surface area contributed by atoms with Crippen LogP contribution in [0.15, 0.2) is 41.5 Å². The molecule has 0 bridgehead atoms. The zero-order chi connectivity index (χ0) is 16.6. The normalized spacial score (nSPS) is 10.7. The number of esters is 1. The molecule has 1 aromatic carbocycles. The number of nitrogens with one attached hydrogen (secondary N) is 1. The van der Waals surface area contributed by atoms with Gasteiger partial charge in [-0.1, -0.05) is 0 Å². The number of benzene rings is 1. The van der Waals surface area contributed by atoms with E-state index in [1.165, 1.54) is 6.20 Å². The topological polar surface area (TPSA) is 72.0 Å². The van der Waals surface area contributed by atoms with Gasteiger partial charge in [-0.05, 0) is 12.1 Å². The van der Waals surface area contributed by atoms with E-state index in [-0.39, 0.29) is 11.0 Å². The lowest BCUT2D eigenvalue weighted by Gasteiger charge is -2.08. The minimum Gasteiger partial charge on any atom is -0.420 e. The summed E-state index contributed by atoms with van der Waals surface area (Å²) >= 11 is 0. The highest BCUT2D eigenvalue weighted by Gasteiger charge is 2.22. The largest absolute Gasteiger partial charge is 0.420 e. The molecule has 1 N–H and O–H groups in total. The highest BCUT2D eigenvalue weighted by molar-refractivity contribution is 6.03. The molecule has 5 nitrogen and oxygen atoms in total. The minimum atomic E-state index is -1.29. The van der Waals surface area contributed by atoms with Crippen LogP contribution in [0.4, 0.5) is 13.2 Å². The highest BCUT2D eigenvalue weighted by Crippen LogP contribution is 2.21. The number of carbonyl (C=O) groups excluding carboxylic acids is 1. The van der Waals surface area contributed by atoms with Gasteiger partial charge in [-0.2, -0.15) is 0 Å². The van der Waals surface area contributed by atoms with Crippen molar-refractivity contribution < 1.29 is 22.7 Å². The standard InChI is InChI=1S/C15H7F3N2O3/c16-7-1-2-11(8(17)5-7)23-15(22)12-9(18)6-20-14-13(12)10(21)3-4-19-14/h1-6H,(H,19,20,21). The Morgan fingerprint density at radius 1 is 1.13 bits per heavy atom. The van der Waals surface area contributed by atoms with Crippen LogP contribution >= 0.6 is 0 Å². The first-order chi connectivity index (χ1) is 11.0. The average molecular weight is 320 g/mol. The van der Waals surface area contributed by atoms with E-state index in [1.54, 1.807) is 0 Å². The number of H-pyrrole nitrogens is 1. The molecule has 2 heterocycles. The Bertz CT molecular complexity index is 985. The molecule has 0 amide bonds. The van der Waals surface area contributed by atoms with Crippen LogP contribution < -0.4 is 10.2 Å². The number of pyridine rings is 2. The van der Waals surface area contributed by atoms with Gasteiger partial charge in [0.15, 0.2) is 22.8 Å². The van der Waals surface area contributed by atoms with E-state index in [1.807, 2.05) is 0 Å². The van der Waals surface area contributed by atoms with Crippen molar-refractivity contribution in [3.05, 3.63) is 69.9 Å². The Balaban J connectivity index is 2.11. The number of aromatic nitrogens is 2. The Kier molecular flexibility index (Phi) is 3.57. The fraction of sp³-hybridized carbons (Fsp3) is 0. The number of fused-ring (bicyclic) bond motifs is 1. The van der Waals surface area contributed by atoms with Gasteiger partial charge in [0.2, 0.25) is 0 Å². The maximum Gasteiger partial charge on any atom is 0.347 e. The van der Waals surface area contributed by atoms with Gasteiger partial charge < -0.3 is 9.72 Å². The summed E-state index contributed by atoms with van der Waals surface area (Å²) in [4.78, 5) is 30.2. The monoisotopic (exact) mass is 320 g/mol. The Labute approximate surface area is 126 Å². The van der Waals surface area contributed by atoms with Gasteiger partial charge in [-0.3, -0.25) is 4.79 Å². The second-order valence-corrected chi connectivity index (χ2v) is 4.51. The van der Waals surface area contributed by atoms with Gasteiger partial charge in [0, 0.05) is 18.3 Å². The van der Waals surface area contributed by atoms with E-state index in [4.69, 9.17) is 4.74 Å². The van der Waals surface area contributed by atoms with Crippen molar-refractivity contribution in [2.75, 3.05) is 0 Å². The van der Waals surface area contributed by atoms with Crippen LogP contribution in [0.5, 0.6) is 5.75 Å². The first-order valence-corrected chi connectivity index (χ1v) is 6.30. The third-order valence-electron chi connectivity index (χ3n) is 3.03. The zero-order valence-electron chi connectivity index (χ0n) is 11.3. The van der Waals surface area contributed by atoms with E-state index in [2.05, 4.69) is 9.97 Å². The predicted molar refractivity (Wildman–Crippen MR) is 73.6 cm³/mol. The quantitative estimate of drug-likeness (QED) is 0.582. The third kappa shape index (κ3) is 2.66. The van der Waals surface area contributed by atoms with E-state index in [0.717, 1.165) is 24.4 Å². The second kappa shape index (κ2) is 5.56. The summed E-state index contributed by atoms with van der Waals surface area (Å²) in [5.74, 6) is -4.97. The Hall–Kier alpha value is -3.16. The molecule has 8 heteroatoms. The number of carbonyl (C=O) groups is 1.